The summed E-state index contributed by atoms with van der Waals surface area (Å²) in [7, 11) is -0.773. The van der Waals surface area contributed by atoms with Crippen molar-refractivity contribution < 1.29 is 22.3 Å². The normalized spacial score (nSPS) is 12.4. The van der Waals surface area contributed by atoms with E-state index < -0.39 is 21.9 Å². The van der Waals surface area contributed by atoms with Crippen LogP contribution in [-0.2, 0) is 16.4 Å². The number of rotatable bonds is 8. The molecule has 7 heteroatoms. The van der Waals surface area contributed by atoms with Crippen molar-refractivity contribution in [3.8, 4) is 11.5 Å². The molecular formula is C22H22FNO4S. The highest BCUT2D eigenvalue weighted by atomic mass is 32.2. The number of methoxy groups -OCH3 is 2. The van der Waals surface area contributed by atoms with Crippen molar-refractivity contribution in [2.24, 2.45) is 0 Å². The Hall–Kier alpha value is -2.90. The van der Waals surface area contributed by atoms with Crippen LogP contribution in [0.2, 0.25) is 0 Å². The molecule has 0 bridgehead atoms. The third-order valence-corrected chi connectivity index (χ3v) is 5.99. The fourth-order valence-corrected chi connectivity index (χ4v) is 4.21. The number of ether oxygens (including phenoxy) is 2. The molecule has 0 aliphatic carbocycles. The Kier molecular flexibility index (Phi) is 6.51. The Balaban J connectivity index is 1.92. The molecule has 0 radical (unpaired) electrons. The van der Waals surface area contributed by atoms with E-state index in [9.17, 15) is 12.8 Å². The van der Waals surface area contributed by atoms with Gasteiger partial charge in [-0.1, -0.05) is 30.3 Å². The second kappa shape index (κ2) is 9.07. The van der Waals surface area contributed by atoms with Gasteiger partial charge in [0, 0.05) is 0 Å². The molecule has 29 heavy (non-hydrogen) atoms. The standard InChI is InChI=1S/C22H22FNO4S/c1-27-19-10-6-16(7-11-19)14-22(17-8-12-20(28-2)13-9-17)24-29(25,26)21-5-3-4-18(23)15-21/h3-13,15,22,24H,14H2,1-2H3. The van der Waals surface area contributed by atoms with Crippen LogP contribution in [0, 0.1) is 5.82 Å². The molecule has 1 unspecified atom stereocenters. The molecule has 0 amide bonds. The topological polar surface area (TPSA) is 64.6 Å². The van der Waals surface area contributed by atoms with Crippen LogP contribution in [0.1, 0.15) is 17.2 Å². The molecule has 3 rings (SSSR count). The molecule has 0 spiro atoms. The Bertz CT molecular complexity index is 1050. The molecule has 0 fully saturated rings. The van der Waals surface area contributed by atoms with Gasteiger partial charge in [0.2, 0.25) is 10.0 Å². The van der Waals surface area contributed by atoms with Crippen molar-refractivity contribution in [2.45, 2.75) is 17.4 Å². The Morgan fingerprint density at radius 3 is 2.03 bits per heavy atom. The lowest BCUT2D eigenvalue weighted by Gasteiger charge is -2.20. The maximum absolute atomic E-state index is 13.5. The summed E-state index contributed by atoms with van der Waals surface area (Å²) in [5, 5.41) is 0. The molecule has 0 aliphatic rings. The summed E-state index contributed by atoms with van der Waals surface area (Å²) in [6, 6.07) is 18.9. The molecule has 0 heterocycles. The third-order valence-electron chi connectivity index (χ3n) is 4.52. The lowest BCUT2D eigenvalue weighted by Crippen LogP contribution is -2.30. The van der Waals surface area contributed by atoms with Gasteiger partial charge in [0.1, 0.15) is 17.3 Å². The first-order valence-electron chi connectivity index (χ1n) is 8.96. The van der Waals surface area contributed by atoms with E-state index in [0.29, 0.717) is 12.2 Å². The van der Waals surface area contributed by atoms with E-state index in [-0.39, 0.29) is 4.90 Å². The second-order valence-electron chi connectivity index (χ2n) is 6.46. The van der Waals surface area contributed by atoms with Crippen molar-refractivity contribution in [1.82, 2.24) is 4.72 Å². The molecule has 0 saturated heterocycles. The summed E-state index contributed by atoms with van der Waals surface area (Å²) in [6.07, 6.45) is 0.408. The van der Waals surface area contributed by atoms with Crippen LogP contribution in [0.3, 0.4) is 0 Å². The SMILES string of the molecule is COc1ccc(CC(NS(=O)(=O)c2cccc(F)c2)c2ccc(OC)cc2)cc1. The molecule has 3 aromatic carbocycles. The molecule has 0 aromatic heterocycles. The minimum absolute atomic E-state index is 0.120. The average molecular weight is 415 g/mol. The highest BCUT2D eigenvalue weighted by molar-refractivity contribution is 7.89. The zero-order valence-corrected chi connectivity index (χ0v) is 16.9. The summed E-state index contributed by atoms with van der Waals surface area (Å²) in [5.74, 6) is 0.782. The van der Waals surface area contributed by atoms with E-state index in [1.165, 1.54) is 18.2 Å². The smallest absolute Gasteiger partial charge is 0.241 e. The van der Waals surface area contributed by atoms with Crippen molar-refractivity contribution in [2.75, 3.05) is 14.2 Å². The van der Waals surface area contributed by atoms with Crippen molar-refractivity contribution in [1.29, 1.82) is 0 Å². The van der Waals surface area contributed by atoms with Crippen molar-refractivity contribution >= 4 is 10.0 Å². The van der Waals surface area contributed by atoms with Gasteiger partial charge in [-0.2, -0.15) is 0 Å². The van der Waals surface area contributed by atoms with Crippen LogP contribution in [0.5, 0.6) is 11.5 Å². The van der Waals surface area contributed by atoms with Gasteiger partial charge in [0.05, 0.1) is 25.2 Å². The number of nitrogens with one attached hydrogen (secondary N) is 1. The van der Waals surface area contributed by atoms with Crippen LogP contribution >= 0.6 is 0 Å². The van der Waals surface area contributed by atoms with E-state index in [0.717, 1.165) is 22.9 Å². The van der Waals surface area contributed by atoms with Gasteiger partial charge in [-0.3, -0.25) is 0 Å². The highest BCUT2D eigenvalue weighted by Crippen LogP contribution is 2.25. The Morgan fingerprint density at radius 1 is 0.897 bits per heavy atom. The van der Waals surface area contributed by atoms with Gasteiger partial charge in [0.25, 0.3) is 0 Å². The lowest BCUT2D eigenvalue weighted by molar-refractivity contribution is 0.414. The summed E-state index contributed by atoms with van der Waals surface area (Å²) in [6.45, 7) is 0. The molecule has 0 saturated carbocycles. The van der Waals surface area contributed by atoms with E-state index in [1.54, 1.807) is 38.5 Å². The predicted octanol–water partition coefficient (Wildman–Crippen LogP) is 4.11. The van der Waals surface area contributed by atoms with Crippen LogP contribution in [0.4, 0.5) is 4.39 Å². The van der Waals surface area contributed by atoms with Gasteiger partial charge in [0.15, 0.2) is 0 Å². The maximum Gasteiger partial charge on any atom is 0.241 e. The fraction of sp³-hybridized carbons (Fsp3) is 0.182. The predicted molar refractivity (Wildman–Crippen MR) is 109 cm³/mol. The van der Waals surface area contributed by atoms with Crippen molar-refractivity contribution in [3.05, 3.63) is 89.7 Å². The first-order chi connectivity index (χ1) is 13.9. The van der Waals surface area contributed by atoms with Gasteiger partial charge in [-0.25, -0.2) is 17.5 Å². The number of hydrogen-bond donors (Lipinski definition) is 1. The van der Waals surface area contributed by atoms with E-state index >= 15 is 0 Å². The number of benzene rings is 3. The molecule has 1 atom stereocenters. The second-order valence-corrected chi connectivity index (χ2v) is 8.17. The zero-order chi connectivity index (χ0) is 20.9. The van der Waals surface area contributed by atoms with Gasteiger partial charge in [-0.15, -0.1) is 0 Å². The van der Waals surface area contributed by atoms with Gasteiger partial charge in [-0.05, 0) is 60.0 Å². The average Bonchev–Trinajstić information content (AvgIpc) is 2.74. The number of halogens is 1. The minimum atomic E-state index is -3.92. The van der Waals surface area contributed by atoms with Crippen LogP contribution in [-0.4, -0.2) is 22.6 Å². The Morgan fingerprint density at radius 2 is 1.48 bits per heavy atom. The first kappa shape index (κ1) is 20.8. The maximum atomic E-state index is 13.5. The van der Waals surface area contributed by atoms with E-state index in [2.05, 4.69) is 4.72 Å². The molecule has 3 aromatic rings. The van der Waals surface area contributed by atoms with Crippen LogP contribution in [0.25, 0.3) is 0 Å². The van der Waals surface area contributed by atoms with Crippen LogP contribution in [0.15, 0.2) is 77.7 Å². The highest BCUT2D eigenvalue weighted by Gasteiger charge is 2.22. The third kappa shape index (κ3) is 5.34. The molecule has 152 valence electrons. The fourth-order valence-electron chi connectivity index (χ4n) is 2.95. The molecule has 0 aliphatic heterocycles. The Labute approximate surface area is 170 Å². The lowest BCUT2D eigenvalue weighted by atomic mass is 9.99. The number of sulfonamides is 1. The molecular weight excluding hydrogens is 393 g/mol. The van der Waals surface area contributed by atoms with Crippen molar-refractivity contribution in [3.63, 3.8) is 0 Å². The van der Waals surface area contributed by atoms with Gasteiger partial charge < -0.3 is 9.47 Å². The summed E-state index contributed by atoms with van der Waals surface area (Å²) in [5.41, 5.74) is 1.69. The van der Waals surface area contributed by atoms with E-state index in [1.807, 2.05) is 24.3 Å². The number of hydrogen-bond acceptors (Lipinski definition) is 4. The molecule has 5 nitrogen and oxygen atoms in total. The quantitative estimate of drug-likeness (QED) is 0.602. The zero-order valence-electron chi connectivity index (χ0n) is 16.1. The van der Waals surface area contributed by atoms with E-state index in [4.69, 9.17) is 9.47 Å². The molecule has 1 N–H and O–H groups in total. The van der Waals surface area contributed by atoms with Crippen LogP contribution < -0.4 is 14.2 Å². The van der Waals surface area contributed by atoms with Gasteiger partial charge >= 0.3 is 0 Å². The summed E-state index contributed by atoms with van der Waals surface area (Å²) in [4.78, 5) is -0.120. The summed E-state index contributed by atoms with van der Waals surface area (Å²) >= 11 is 0. The summed E-state index contributed by atoms with van der Waals surface area (Å²) < 4.78 is 52.3. The minimum Gasteiger partial charge on any atom is -0.497 e. The monoisotopic (exact) mass is 415 g/mol. The largest absolute Gasteiger partial charge is 0.497 e. The first-order valence-corrected chi connectivity index (χ1v) is 10.4.